The summed E-state index contributed by atoms with van der Waals surface area (Å²) in [4.78, 5) is 10.4. The zero-order valence-corrected chi connectivity index (χ0v) is 8.13. The summed E-state index contributed by atoms with van der Waals surface area (Å²) in [6.07, 6.45) is -19.5. The number of carbonyl (C=O) groups excluding carboxylic acids is 1. The highest BCUT2D eigenvalue weighted by atomic mass is 19.4. The zero-order chi connectivity index (χ0) is 15.0. The number of alkyl halides is 9. The number of rotatable bonds is 3. The van der Waals surface area contributed by atoms with Gasteiger partial charge in [-0.1, -0.05) is 0 Å². The summed E-state index contributed by atoms with van der Waals surface area (Å²) in [5.41, 5.74) is -6.29. The van der Waals surface area contributed by atoms with Gasteiger partial charge in [0.05, 0.1) is 7.11 Å². The van der Waals surface area contributed by atoms with Crippen LogP contribution in [0, 0.1) is 0 Å². The molecule has 3 nitrogen and oxygen atoms in total. The maximum absolute atomic E-state index is 13.0. The Balaban J connectivity index is 5.68. The number of methoxy groups -OCH3 is 1. The number of hydrogen-bond acceptors (Lipinski definition) is 3. The minimum atomic E-state index is -6.69. The van der Waals surface area contributed by atoms with Crippen molar-refractivity contribution < 1.29 is 53.8 Å². The van der Waals surface area contributed by atoms with Crippen LogP contribution < -0.4 is 0 Å². The SMILES string of the molecule is COC(=O)C(F)(C(F)(F)F)C(F)(F)OC(F)(F)F. The standard InChI is InChI=1S/C6H3F9O3/c1-17-2(16)3(7,4(8,9)10)5(11,12)18-6(13,14)15/h1H3. The molecule has 18 heavy (non-hydrogen) atoms. The molecule has 0 aliphatic carbocycles. The quantitative estimate of drug-likeness (QED) is 0.593. The lowest BCUT2D eigenvalue weighted by Gasteiger charge is -2.31. The van der Waals surface area contributed by atoms with Crippen LogP contribution in [0.2, 0.25) is 0 Å². The summed E-state index contributed by atoms with van der Waals surface area (Å²) >= 11 is 0. The second-order valence-corrected chi connectivity index (χ2v) is 2.71. The Labute approximate surface area is 92.4 Å². The van der Waals surface area contributed by atoms with E-state index in [1.807, 2.05) is 0 Å². The molecule has 1 unspecified atom stereocenters. The summed E-state index contributed by atoms with van der Waals surface area (Å²) in [6.45, 7) is 0. The van der Waals surface area contributed by atoms with Crippen molar-refractivity contribution in [1.29, 1.82) is 0 Å². The van der Waals surface area contributed by atoms with Crippen LogP contribution in [-0.2, 0) is 14.3 Å². The maximum atomic E-state index is 13.0. The lowest BCUT2D eigenvalue weighted by Crippen LogP contribution is -2.63. The van der Waals surface area contributed by atoms with E-state index in [-0.39, 0.29) is 7.11 Å². The van der Waals surface area contributed by atoms with E-state index in [2.05, 4.69) is 4.74 Å². The third-order valence-electron chi connectivity index (χ3n) is 1.50. The lowest BCUT2D eigenvalue weighted by molar-refractivity contribution is -0.467. The fraction of sp³-hybridized carbons (Fsp3) is 0.833. The van der Waals surface area contributed by atoms with Crippen molar-refractivity contribution in [3.05, 3.63) is 0 Å². The van der Waals surface area contributed by atoms with Crippen molar-refractivity contribution in [3.63, 3.8) is 0 Å². The number of halogens is 9. The Morgan fingerprint density at radius 1 is 0.889 bits per heavy atom. The molecule has 0 aliphatic rings. The molecule has 0 aromatic rings. The Morgan fingerprint density at radius 3 is 1.50 bits per heavy atom. The molecule has 0 fully saturated rings. The number of ether oxygens (including phenoxy) is 2. The molecule has 12 heteroatoms. The van der Waals surface area contributed by atoms with Gasteiger partial charge in [0.15, 0.2) is 0 Å². The van der Waals surface area contributed by atoms with E-state index >= 15 is 0 Å². The van der Waals surface area contributed by atoms with Crippen LogP contribution in [0.25, 0.3) is 0 Å². The van der Waals surface area contributed by atoms with Crippen molar-refractivity contribution in [3.8, 4) is 0 Å². The molecular weight excluding hydrogens is 291 g/mol. The van der Waals surface area contributed by atoms with Crippen molar-refractivity contribution in [2.45, 2.75) is 24.3 Å². The van der Waals surface area contributed by atoms with Gasteiger partial charge < -0.3 is 4.74 Å². The summed E-state index contributed by atoms with van der Waals surface area (Å²) in [5, 5.41) is 0. The van der Waals surface area contributed by atoms with Crippen molar-refractivity contribution in [1.82, 2.24) is 0 Å². The Hall–Kier alpha value is -1.20. The number of esters is 1. The van der Waals surface area contributed by atoms with E-state index in [4.69, 9.17) is 0 Å². The number of hydrogen-bond donors (Lipinski definition) is 0. The predicted molar refractivity (Wildman–Crippen MR) is 34.0 cm³/mol. The minimum absolute atomic E-state index is 0.0755. The summed E-state index contributed by atoms with van der Waals surface area (Å²) in [5.74, 6) is -3.27. The van der Waals surface area contributed by atoms with Crippen LogP contribution in [0.15, 0.2) is 0 Å². The van der Waals surface area contributed by atoms with Crippen LogP contribution in [0.1, 0.15) is 0 Å². The molecule has 0 bridgehead atoms. The minimum Gasteiger partial charge on any atom is -0.466 e. The number of carbonyl (C=O) groups is 1. The highest BCUT2D eigenvalue weighted by Gasteiger charge is 2.80. The van der Waals surface area contributed by atoms with E-state index in [1.54, 1.807) is 4.74 Å². The van der Waals surface area contributed by atoms with Gasteiger partial charge >= 0.3 is 30.3 Å². The van der Waals surface area contributed by atoms with Crippen LogP contribution in [0.5, 0.6) is 0 Å². The van der Waals surface area contributed by atoms with E-state index in [9.17, 15) is 44.3 Å². The van der Waals surface area contributed by atoms with Gasteiger partial charge in [0.2, 0.25) is 0 Å². The van der Waals surface area contributed by atoms with Gasteiger partial charge in [-0.15, -0.1) is 13.2 Å². The predicted octanol–water partition coefficient (Wildman–Crippen LogP) is 2.56. The first-order valence-electron chi connectivity index (χ1n) is 3.68. The first-order valence-corrected chi connectivity index (χ1v) is 3.68. The van der Waals surface area contributed by atoms with Crippen molar-refractivity contribution in [2.75, 3.05) is 7.11 Å². The highest BCUT2D eigenvalue weighted by Crippen LogP contribution is 2.48. The summed E-state index contributed by atoms with van der Waals surface area (Å²) in [6, 6.07) is 0. The van der Waals surface area contributed by atoms with Crippen LogP contribution in [-0.4, -0.2) is 37.4 Å². The van der Waals surface area contributed by atoms with E-state index in [1.165, 1.54) is 0 Å². The molecule has 0 aromatic carbocycles. The van der Waals surface area contributed by atoms with Gasteiger partial charge in [-0.3, -0.25) is 0 Å². The average Bonchev–Trinajstić information content (AvgIpc) is 2.09. The topological polar surface area (TPSA) is 35.5 Å². The molecule has 0 amide bonds. The lowest BCUT2D eigenvalue weighted by atomic mass is 10.1. The summed E-state index contributed by atoms with van der Waals surface area (Å²) < 4.78 is 113. The molecule has 0 saturated carbocycles. The van der Waals surface area contributed by atoms with Gasteiger partial charge in [0.1, 0.15) is 0 Å². The molecular formula is C6H3F9O3. The molecule has 1 atom stereocenters. The fourth-order valence-electron chi connectivity index (χ4n) is 0.756. The van der Waals surface area contributed by atoms with Gasteiger partial charge in [-0.2, -0.15) is 22.0 Å². The molecule has 0 rings (SSSR count). The normalized spacial score (nSPS) is 17.2. The van der Waals surface area contributed by atoms with E-state index < -0.39 is 30.3 Å². The first-order chi connectivity index (χ1) is 7.69. The highest BCUT2D eigenvalue weighted by molar-refractivity contribution is 5.81. The smallest absolute Gasteiger partial charge is 0.466 e. The molecule has 0 radical (unpaired) electrons. The largest absolute Gasteiger partial charge is 0.527 e. The van der Waals surface area contributed by atoms with Crippen molar-refractivity contribution in [2.24, 2.45) is 0 Å². The van der Waals surface area contributed by atoms with Gasteiger partial charge in [-0.05, 0) is 0 Å². The summed E-state index contributed by atoms with van der Waals surface area (Å²) in [7, 11) is 0.0755. The Morgan fingerprint density at radius 2 is 1.28 bits per heavy atom. The molecule has 0 spiro atoms. The fourth-order valence-corrected chi connectivity index (χ4v) is 0.756. The third-order valence-corrected chi connectivity index (χ3v) is 1.50. The van der Waals surface area contributed by atoms with E-state index in [0.717, 1.165) is 0 Å². The van der Waals surface area contributed by atoms with Crippen LogP contribution >= 0.6 is 0 Å². The maximum Gasteiger partial charge on any atom is 0.527 e. The van der Waals surface area contributed by atoms with Gasteiger partial charge in [0.25, 0.3) is 0 Å². The first kappa shape index (κ1) is 16.8. The van der Waals surface area contributed by atoms with Crippen molar-refractivity contribution >= 4 is 5.97 Å². The Kier molecular flexibility index (Phi) is 4.18. The van der Waals surface area contributed by atoms with Crippen LogP contribution in [0.4, 0.5) is 39.5 Å². The molecule has 0 aromatic heterocycles. The van der Waals surface area contributed by atoms with Crippen LogP contribution in [0.3, 0.4) is 0 Å². The monoisotopic (exact) mass is 294 g/mol. The molecule has 0 N–H and O–H groups in total. The average molecular weight is 294 g/mol. The molecule has 0 saturated heterocycles. The van der Waals surface area contributed by atoms with Gasteiger partial charge in [0, 0.05) is 0 Å². The molecule has 108 valence electrons. The zero-order valence-electron chi connectivity index (χ0n) is 8.13. The Bertz CT molecular complexity index is 319. The van der Waals surface area contributed by atoms with E-state index in [0.29, 0.717) is 0 Å². The molecule has 0 heterocycles. The molecule has 0 aliphatic heterocycles. The second kappa shape index (κ2) is 4.48. The third kappa shape index (κ3) is 2.97. The van der Waals surface area contributed by atoms with Gasteiger partial charge in [-0.25, -0.2) is 13.9 Å². The second-order valence-electron chi connectivity index (χ2n) is 2.71.